The molecule has 1 aliphatic heterocycles. The van der Waals surface area contributed by atoms with E-state index in [1.807, 2.05) is 39.8 Å². The van der Waals surface area contributed by atoms with Crippen molar-refractivity contribution in [3.05, 3.63) is 35.2 Å². The fraction of sp³-hybridized carbons (Fsp3) is 0.458. The van der Waals surface area contributed by atoms with Gasteiger partial charge in [-0.15, -0.1) is 21.5 Å². The number of methoxy groups -OCH3 is 1. The molecule has 1 fully saturated rings. The molecule has 0 spiro atoms. The zero-order chi connectivity index (χ0) is 22.9. The van der Waals surface area contributed by atoms with Crippen LogP contribution in [-0.4, -0.2) is 53.0 Å². The molecule has 0 bridgehead atoms. The van der Waals surface area contributed by atoms with Crippen LogP contribution in [0.25, 0.3) is 21.3 Å². The minimum atomic E-state index is -0.501. The van der Waals surface area contributed by atoms with Gasteiger partial charge in [-0.3, -0.25) is 0 Å². The highest BCUT2D eigenvalue weighted by Gasteiger charge is 2.28. The first-order valence-corrected chi connectivity index (χ1v) is 11.8. The average Bonchev–Trinajstić information content (AvgIpc) is 3.24. The van der Waals surface area contributed by atoms with E-state index in [4.69, 9.17) is 9.47 Å². The number of carbonyl (C=O) groups excluding carboxylic acids is 1. The van der Waals surface area contributed by atoms with E-state index in [0.717, 1.165) is 51.3 Å². The van der Waals surface area contributed by atoms with Gasteiger partial charge in [0.1, 0.15) is 17.0 Å². The number of amides is 1. The SMILES string of the molecule is COc1cc(C)ccc1-c1nnc(N[C@@H]2CCCN(C(=O)OC(C)(C)C)C2)c2sccc12. The van der Waals surface area contributed by atoms with Crippen LogP contribution in [-0.2, 0) is 4.74 Å². The molecule has 32 heavy (non-hydrogen) atoms. The Bertz CT molecular complexity index is 1120. The number of rotatable bonds is 4. The van der Waals surface area contributed by atoms with Crippen molar-refractivity contribution >= 4 is 33.3 Å². The van der Waals surface area contributed by atoms with Crippen molar-refractivity contribution in [2.24, 2.45) is 0 Å². The number of nitrogens with one attached hydrogen (secondary N) is 1. The number of hydrogen-bond donors (Lipinski definition) is 1. The molecule has 1 N–H and O–H groups in total. The number of benzene rings is 1. The number of ether oxygens (including phenoxy) is 2. The van der Waals surface area contributed by atoms with E-state index in [9.17, 15) is 4.79 Å². The molecule has 1 saturated heterocycles. The summed E-state index contributed by atoms with van der Waals surface area (Å²) in [7, 11) is 1.67. The Kier molecular flexibility index (Phi) is 6.24. The number of aryl methyl sites for hydroxylation is 1. The summed E-state index contributed by atoms with van der Waals surface area (Å²) in [5.41, 5.74) is 2.36. The average molecular weight is 455 g/mol. The number of carbonyl (C=O) groups is 1. The summed E-state index contributed by atoms with van der Waals surface area (Å²) in [6.45, 7) is 8.99. The van der Waals surface area contributed by atoms with Gasteiger partial charge < -0.3 is 19.7 Å². The minimum absolute atomic E-state index is 0.0932. The van der Waals surface area contributed by atoms with E-state index in [0.29, 0.717) is 13.1 Å². The van der Waals surface area contributed by atoms with Gasteiger partial charge in [0.2, 0.25) is 0 Å². The maximum Gasteiger partial charge on any atom is 0.410 e. The number of aromatic nitrogens is 2. The van der Waals surface area contributed by atoms with Crippen LogP contribution < -0.4 is 10.1 Å². The Morgan fingerprint density at radius 1 is 1.25 bits per heavy atom. The van der Waals surface area contributed by atoms with Crippen molar-refractivity contribution in [3.8, 4) is 17.0 Å². The highest BCUT2D eigenvalue weighted by molar-refractivity contribution is 7.17. The summed E-state index contributed by atoms with van der Waals surface area (Å²) in [6.07, 6.45) is 1.61. The first kappa shape index (κ1) is 22.3. The standard InChI is InChI=1S/C24H30N4O3S/c1-15-8-9-17(19(13-15)30-5)20-18-10-12-32-21(18)22(27-26-20)25-16-7-6-11-28(14-16)23(29)31-24(2,3)4/h8-10,12-13,16H,6-7,11,14H2,1-5H3,(H,25,27)/t16-/m1/s1. The maximum atomic E-state index is 12.5. The maximum absolute atomic E-state index is 12.5. The Balaban J connectivity index is 1.57. The molecular weight excluding hydrogens is 424 g/mol. The van der Waals surface area contributed by atoms with Crippen LogP contribution in [0.3, 0.4) is 0 Å². The molecule has 0 saturated carbocycles. The summed E-state index contributed by atoms with van der Waals surface area (Å²) in [4.78, 5) is 14.3. The second-order valence-corrected chi connectivity index (χ2v) is 10.1. The molecule has 3 aromatic rings. The van der Waals surface area contributed by atoms with Crippen LogP contribution in [0, 0.1) is 6.92 Å². The number of anilines is 1. The summed E-state index contributed by atoms with van der Waals surface area (Å²) < 4.78 is 12.2. The number of thiophene rings is 1. The van der Waals surface area contributed by atoms with E-state index in [2.05, 4.69) is 33.0 Å². The number of piperidine rings is 1. The molecule has 3 heterocycles. The zero-order valence-corrected chi connectivity index (χ0v) is 20.1. The molecule has 1 amide bonds. The molecular formula is C24H30N4O3S. The lowest BCUT2D eigenvalue weighted by Crippen LogP contribution is -2.47. The normalized spacial score (nSPS) is 16.8. The second kappa shape index (κ2) is 8.94. The van der Waals surface area contributed by atoms with E-state index in [1.165, 1.54) is 0 Å². The lowest BCUT2D eigenvalue weighted by molar-refractivity contribution is 0.0206. The van der Waals surface area contributed by atoms with Crippen molar-refractivity contribution in [2.45, 2.75) is 52.2 Å². The topological polar surface area (TPSA) is 76.6 Å². The number of nitrogens with zero attached hydrogens (tertiary/aromatic N) is 3. The van der Waals surface area contributed by atoms with Gasteiger partial charge in [0, 0.05) is 30.1 Å². The number of likely N-dealkylation sites (tertiary alicyclic amines) is 1. The molecule has 7 nitrogen and oxygen atoms in total. The number of fused-ring (bicyclic) bond motifs is 1. The van der Waals surface area contributed by atoms with E-state index in [1.54, 1.807) is 23.3 Å². The largest absolute Gasteiger partial charge is 0.496 e. The molecule has 2 aromatic heterocycles. The third kappa shape index (κ3) is 4.80. The smallest absolute Gasteiger partial charge is 0.410 e. The fourth-order valence-corrected chi connectivity index (χ4v) is 4.79. The van der Waals surface area contributed by atoms with Gasteiger partial charge in [0.25, 0.3) is 0 Å². The molecule has 1 atom stereocenters. The second-order valence-electron chi connectivity index (χ2n) is 9.17. The Labute approximate surface area is 192 Å². The molecule has 8 heteroatoms. The van der Waals surface area contributed by atoms with Crippen molar-refractivity contribution in [3.63, 3.8) is 0 Å². The molecule has 0 aliphatic carbocycles. The summed E-state index contributed by atoms with van der Waals surface area (Å²) in [6, 6.07) is 8.26. The quantitative estimate of drug-likeness (QED) is 0.562. The number of hydrogen-bond acceptors (Lipinski definition) is 7. The van der Waals surface area contributed by atoms with E-state index >= 15 is 0 Å². The van der Waals surface area contributed by atoms with Gasteiger partial charge in [-0.2, -0.15) is 0 Å². The third-order valence-electron chi connectivity index (χ3n) is 5.41. The molecule has 4 rings (SSSR count). The van der Waals surface area contributed by atoms with Crippen LogP contribution in [0.15, 0.2) is 29.6 Å². The van der Waals surface area contributed by atoms with E-state index in [-0.39, 0.29) is 12.1 Å². The monoisotopic (exact) mass is 454 g/mol. The van der Waals surface area contributed by atoms with Gasteiger partial charge in [-0.05, 0) is 69.7 Å². The molecule has 1 aromatic carbocycles. The first-order chi connectivity index (χ1) is 15.2. The Morgan fingerprint density at radius 3 is 2.81 bits per heavy atom. The Hall–Kier alpha value is -2.87. The van der Waals surface area contributed by atoms with Crippen molar-refractivity contribution in [2.75, 3.05) is 25.5 Å². The van der Waals surface area contributed by atoms with Crippen LogP contribution in [0.5, 0.6) is 5.75 Å². The summed E-state index contributed by atoms with van der Waals surface area (Å²) in [5.74, 6) is 1.54. The summed E-state index contributed by atoms with van der Waals surface area (Å²) in [5, 5.41) is 15.7. The predicted octanol–water partition coefficient (Wildman–Crippen LogP) is 5.49. The highest BCUT2D eigenvalue weighted by Crippen LogP contribution is 2.38. The van der Waals surface area contributed by atoms with Gasteiger partial charge in [0.05, 0.1) is 11.8 Å². The lowest BCUT2D eigenvalue weighted by Gasteiger charge is -2.34. The van der Waals surface area contributed by atoms with Gasteiger partial charge >= 0.3 is 6.09 Å². The van der Waals surface area contributed by atoms with Gasteiger partial charge in [0.15, 0.2) is 5.82 Å². The van der Waals surface area contributed by atoms with E-state index < -0.39 is 5.60 Å². The molecule has 0 radical (unpaired) electrons. The fourth-order valence-electron chi connectivity index (χ4n) is 3.95. The van der Waals surface area contributed by atoms with Gasteiger partial charge in [-0.25, -0.2) is 4.79 Å². The highest BCUT2D eigenvalue weighted by atomic mass is 32.1. The molecule has 170 valence electrons. The van der Waals surface area contributed by atoms with Crippen LogP contribution in [0.1, 0.15) is 39.2 Å². The molecule has 0 unspecified atom stereocenters. The van der Waals surface area contributed by atoms with Crippen molar-refractivity contribution in [1.29, 1.82) is 0 Å². The Morgan fingerprint density at radius 2 is 2.06 bits per heavy atom. The van der Waals surface area contributed by atoms with Crippen LogP contribution >= 0.6 is 11.3 Å². The third-order valence-corrected chi connectivity index (χ3v) is 6.33. The minimum Gasteiger partial charge on any atom is -0.496 e. The molecule has 1 aliphatic rings. The first-order valence-electron chi connectivity index (χ1n) is 10.9. The summed E-state index contributed by atoms with van der Waals surface area (Å²) >= 11 is 1.63. The predicted molar refractivity (Wildman–Crippen MR) is 129 cm³/mol. The van der Waals surface area contributed by atoms with Crippen LogP contribution in [0.4, 0.5) is 10.6 Å². The van der Waals surface area contributed by atoms with Crippen molar-refractivity contribution in [1.82, 2.24) is 15.1 Å². The lowest BCUT2D eigenvalue weighted by atomic mass is 10.0. The van der Waals surface area contributed by atoms with Crippen LogP contribution in [0.2, 0.25) is 0 Å². The zero-order valence-electron chi connectivity index (χ0n) is 19.3. The van der Waals surface area contributed by atoms with Gasteiger partial charge in [-0.1, -0.05) is 6.07 Å². The van der Waals surface area contributed by atoms with Crippen molar-refractivity contribution < 1.29 is 14.3 Å².